The highest BCUT2D eigenvalue weighted by atomic mass is 16.6. The van der Waals surface area contributed by atoms with Crippen LogP contribution < -0.4 is 5.73 Å². The van der Waals surface area contributed by atoms with Gasteiger partial charge in [0.1, 0.15) is 5.60 Å². The first-order chi connectivity index (χ1) is 11.6. The van der Waals surface area contributed by atoms with Crippen molar-refractivity contribution in [3.8, 4) is 0 Å². The number of nitrogens with zero attached hydrogens (tertiary/aromatic N) is 1. The van der Waals surface area contributed by atoms with E-state index in [0.717, 1.165) is 10.5 Å². The van der Waals surface area contributed by atoms with Gasteiger partial charge in [-0.15, -0.1) is 0 Å². The number of primary amides is 1. The number of rotatable bonds is 7. The van der Waals surface area contributed by atoms with Crippen LogP contribution in [0.5, 0.6) is 0 Å². The predicted molar refractivity (Wildman–Crippen MR) is 90.6 cm³/mol. The zero-order valence-corrected chi connectivity index (χ0v) is 15.0. The normalized spacial score (nSPS) is 13.6. The second-order valence-corrected chi connectivity index (χ2v) is 6.44. The van der Waals surface area contributed by atoms with E-state index in [9.17, 15) is 14.7 Å². The standard InChI is InChI=1S/C17H26N2O6/c1-17(2,3)25-16(22)19(10-12-8-6-5-7-9-12)14(20)13(11-23-4)24-15(18)21/h5-9,13-14,20H,10-11H2,1-4H3,(H2,18,21). The number of carbonyl (C=O) groups is 2. The molecule has 0 heterocycles. The minimum atomic E-state index is -1.50. The Bertz CT molecular complexity index is 558. The summed E-state index contributed by atoms with van der Waals surface area (Å²) in [5.74, 6) is 0. The molecule has 0 fully saturated rings. The molecule has 0 saturated heterocycles. The second kappa shape index (κ2) is 9.24. The number of aliphatic hydroxyl groups excluding tert-OH is 1. The van der Waals surface area contributed by atoms with Crippen molar-refractivity contribution in [1.29, 1.82) is 0 Å². The SMILES string of the molecule is COCC(OC(N)=O)C(O)N(Cc1ccccc1)C(=O)OC(C)(C)C. The van der Waals surface area contributed by atoms with Crippen molar-refractivity contribution >= 4 is 12.2 Å². The Labute approximate surface area is 147 Å². The summed E-state index contributed by atoms with van der Waals surface area (Å²) in [6.07, 6.45) is -4.48. The molecular weight excluding hydrogens is 328 g/mol. The third-order valence-corrected chi connectivity index (χ3v) is 3.07. The van der Waals surface area contributed by atoms with Gasteiger partial charge >= 0.3 is 12.2 Å². The summed E-state index contributed by atoms with van der Waals surface area (Å²) < 4.78 is 15.1. The largest absolute Gasteiger partial charge is 0.444 e. The zero-order chi connectivity index (χ0) is 19.0. The predicted octanol–water partition coefficient (Wildman–Crippen LogP) is 1.85. The molecule has 0 aromatic heterocycles. The first kappa shape index (κ1) is 20.7. The van der Waals surface area contributed by atoms with Gasteiger partial charge in [-0.05, 0) is 26.3 Å². The summed E-state index contributed by atoms with van der Waals surface area (Å²) in [6.45, 7) is 5.05. The lowest BCUT2D eigenvalue weighted by Gasteiger charge is -2.34. The average molecular weight is 354 g/mol. The average Bonchev–Trinajstić information content (AvgIpc) is 2.50. The summed E-state index contributed by atoms with van der Waals surface area (Å²) in [5.41, 5.74) is 5.04. The molecule has 0 aliphatic carbocycles. The van der Waals surface area contributed by atoms with Crippen LogP contribution in [0.15, 0.2) is 30.3 Å². The highest BCUT2D eigenvalue weighted by molar-refractivity contribution is 5.69. The number of aliphatic hydroxyl groups is 1. The molecule has 0 spiro atoms. The summed E-state index contributed by atoms with van der Waals surface area (Å²) >= 11 is 0. The van der Waals surface area contributed by atoms with Gasteiger partial charge in [-0.3, -0.25) is 4.90 Å². The Balaban J connectivity index is 3.05. The molecule has 0 saturated carbocycles. The quantitative estimate of drug-likeness (QED) is 0.723. The van der Waals surface area contributed by atoms with E-state index in [-0.39, 0.29) is 13.2 Å². The van der Waals surface area contributed by atoms with E-state index in [1.54, 1.807) is 32.9 Å². The maximum atomic E-state index is 12.5. The van der Waals surface area contributed by atoms with E-state index in [0.29, 0.717) is 0 Å². The Hall–Kier alpha value is -2.32. The number of hydrogen-bond acceptors (Lipinski definition) is 6. The minimum absolute atomic E-state index is 0.0548. The summed E-state index contributed by atoms with van der Waals surface area (Å²) in [6, 6.07) is 9.04. The fraction of sp³-hybridized carbons (Fsp3) is 0.529. The molecule has 1 rings (SSSR count). The van der Waals surface area contributed by atoms with Crippen molar-refractivity contribution in [2.45, 2.75) is 45.2 Å². The van der Waals surface area contributed by atoms with Gasteiger partial charge in [-0.1, -0.05) is 30.3 Å². The fourth-order valence-electron chi connectivity index (χ4n) is 2.06. The van der Waals surface area contributed by atoms with Crippen molar-refractivity contribution < 1.29 is 28.9 Å². The minimum Gasteiger partial charge on any atom is -0.444 e. The molecule has 2 atom stereocenters. The first-order valence-corrected chi connectivity index (χ1v) is 7.80. The van der Waals surface area contributed by atoms with Crippen LogP contribution in [-0.4, -0.2) is 53.8 Å². The number of nitrogens with two attached hydrogens (primary N) is 1. The van der Waals surface area contributed by atoms with Crippen molar-refractivity contribution in [2.75, 3.05) is 13.7 Å². The van der Waals surface area contributed by atoms with Gasteiger partial charge in [0.25, 0.3) is 0 Å². The molecule has 0 aliphatic rings. The topological polar surface area (TPSA) is 111 Å². The molecule has 8 nitrogen and oxygen atoms in total. The van der Waals surface area contributed by atoms with Crippen molar-refractivity contribution in [3.63, 3.8) is 0 Å². The van der Waals surface area contributed by atoms with E-state index in [2.05, 4.69) is 0 Å². The number of ether oxygens (including phenoxy) is 3. The van der Waals surface area contributed by atoms with E-state index in [1.807, 2.05) is 18.2 Å². The van der Waals surface area contributed by atoms with Crippen LogP contribution in [0.3, 0.4) is 0 Å². The van der Waals surface area contributed by atoms with Crippen LogP contribution >= 0.6 is 0 Å². The first-order valence-electron chi connectivity index (χ1n) is 7.80. The lowest BCUT2D eigenvalue weighted by atomic mass is 10.2. The maximum absolute atomic E-state index is 12.5. The summed E-state index contributed by atoms with van der Waals surface area (Å²) in [4.78, 5) is 24.7. The number of methoxy groups -OCH3 is 1. The lowest BCUT2D eigenvalue weighted by molar-refractivity contribution is -0.108. The van der Waals surface area contributed by atoms with Gasteiger partial charge in [-0.25, -0.2) is 9.59 Å². The second-order valence-electron chi connectivity index (χ2n) is 6.44. The van der Waals surface area contributed by atoms with Gasteiger partial charge in [0.2, 0.25) is 0 Å². The number of amides is 2. The van der Waals surface area contributed by atoms with Crippen LogP contribution in [0.4, 0.5) is 9.59 Å². The molecule has 0 aliphatic heterocycles. The Morgan fingerprint density at radius 3 is 2.32 bits per heavy atom. The lowest BCUT2D eigenvalue weighted by Crippen LogP contribution is -2.51. The van der Waals surface area contributed by atoms with Gasteiger partial charge in [0.05, 0.1) is 13.2 Å². The molecule has 25 heavy (non-hydrogen) atoms. The highest BCUT2D eigenvalue weighted by Gasteiger charge is 2.34. The number of hydrogen-bond donors (Lipinski definition) is 2. The summed E-state index contributed by atoms with van der Waals surface area (Å²) in [7, 11) is 1.37. The fourth-order valence-corrected chi connectivity index (χ4v) is 2.06. The summed E-state index contributed by atoms with van der Waals surface area (Å²) in [5, 5.41) is 10.6. The molecule has 0 radical (unpaired) electrons. The molecule has 1 aromatic rings. The molecule has 3 N–H and O–H groups in total. The van der Waals surface area contributed by atoms with Gasteiger partial charge in [-0.2, -0.15) is 0 Å². The molecule has 0 bridgehead atoms. The van der Waals surface area contributed by atoms with Crippen molar-refractivity contribution in [1.82, 2.24) is 4.90 Å². The van der Waals surface area contributed by atoms with Crippen molar-refractivity contribution in [3.05, 3.63) is 35.9 Å². The van der Waals surface area contributed by atoms with Crippen LogP contribution in [0.1, 0.15) is 26.3 Å². The molecule has 2 amide bonds. The monoisotopic (exact) mass is 354 g/mol. The van der Waals surface area contributed by atoms with Gasteiger partial charge < -0.3 is 25.1 Å². The molecule has 2 unspecified atom stereocenters. The van der Waals surface area contributed by atoms with Crippen LogP contribution in [0.2, 0.25) is 0 Å². The third kappa shape index (κ3) is 7.40. The zero-order valence-electron chi connectivity index (χ0n) is 15.0. The van der Waals surface area contributed by atoms with E-state index in [1.165, 1.54) is 7.11 Å². The number of carbonyl (C=O) groups excluding carboxylic acids is 2. The maximum Gasteiger partial charge on any atom is 0.412 e. The molecule has 140 valence electrons. The van der Waals surface area contributed by atoms with Crippen LogP contribution in [0.25, 0.3) is 0 Å². The van der Waals surface area contributed by atoms with Crippen LogP contribution in [0, 0.1) is 0 Å². The molecule has 1 aromatic carbocycles. The van der Waals surface area contributed by atoms with E-state index >= 15 is 0 Å². The molecular formula is C17H26N2O6. The van der Waals surface area contributed by atoms with Gasteiger partial charge in [0, 0.05) is 7.11 Å². The smallest absolute Gasteiger partial charge is 0.412 e. The Morgan fingerprint density at radius 1 is 1.24 bits per heavy atom. The Kier molecular flexibility index (Phi) is 7.66. The number of benzene rings is 1. The highest BCUT2D eigenvalue weighted by Crippen LogP contribution is 2.17. The van der Waals surface area contributed by atoms with E-state index < -0.39 is 30.1 Å². The van der Waals surface area contributed by atoms with Crippen molar-refractivity contribution in [2.24, 2.45) is 5.73 Å². The van der Waals surface area contributed by atoms with Crippen LogP contribution in [-0.2, 0) is 20.8 Å². The van der Waals surface area contributed by atoms with Gasteiger partial charge in [0.15, 0.2) is 12.3 Å². The van der Waals surface area contributed by atoms with E-state index in [4.69, 9.17) is 19.9 Å². The molecule has 8 heteroatoms. The Morgan fingerprint density at radius 2 is 1.84 bits per heavy atom. The third-order valence-electron chi connectivity index (χ3n) is 3.07.